The van der Waals surface area contributed by atoms with Crippen LogP contribution in [0.2, 0.25) is 5.15 Å². The van der Waals surface area contributed by atoms with E-state index < -0.39 is 0 Å². The lowest BCUT2D eigenvalue weighted by Gasteiger charge is -2.04. The third kappa shape index (κ3) is 2.27. The highest BCUT2D eigenvalue weighted by Crippen LogP contribution is 2.21. The molecule has 0 N–H and O–H groups in total. The van der Waals surface area contributed by atoms with E-state index in [-0.39, 0.29) is 0 Å². The molecule has 1 aromatic heterocycles. The Kier molecular flexibility index (Phi) is 3.17. The van der Waals surface area contributed by atoms with E-state index in [1.54, 1.807) is 0 Å². The molecule has 0 radical (unpaired) electrons. The summed E-state index contributed by atoms with van der Waals surface area (Å²) in [6.07, 6.45) is 0.987. The first kappa shape index (κ1) is 10.8. The summed E-state index contributed by atoms with van der Waals surface area (Å²) in [5.74, 6) is 0.867. The van der Waals surface area contributed by atoms with Crippen LogP contribution in [-0.4, -0.2) is 10.7 Å². The summed E-state index contributed by atoms with van der Waals surface area (Å²) in [7, 11) is 0. The molecule has 1 heterocycles. The highest BCUT2D eigenvalue weighted by molar-refractivity contribution is 7.80. The summed E-state index contributed by atoms with van der Waals surface area (Å²) in [6, 6.07) is 8.32. The molecule has 0 unspecified atom stereocenters. The van der Waals surface area contributed by atoms with Crippen LogP contribution in [0.15, 0.2) is 24.3 Å². The van der Waals surface area contributed by atoms with E-state index in [1.165, 1.54) is 5.56 Å². The van der Waals surface area contributed by atoms with Crippen LogP contribution in [0.5, 0.6) is 0 Å². The minimum Gasteiger partial charge on any atom is -0.236 e. The molecule has 3 heteroatoms. The van der Waals surface area contributed by atoms with Crippen molar-refractivity contribution in [1.82, 2.24) is 4.98 Å². The van der Waals surface area contributed by atoms with Gasteiger partial charge in [-0.1, -0.05) is 17.7 Å². The number of nitrogens with zero attached hydrogens (tertiary/aromatic N) is 1. The Balaban J connectivity index is 2.56. The van der Waals surface area contributed by atoms with E-state index in [1.807, 2.05) is 13.0 Å². The predicted octanol–water partition coefficient (Wildman–Crippen LogP) is 3.67. The summed E-state index contributed by atoms with van der Waals surface area (Å²) in [5, 5.41) is 1.74. The zero-order chi connectivity index (χ0) is 10.8. The van der Waals surface area contributed by atoms with Crippen molar-refractivity contribution >= 4 is 35.1 Å². The summed E-state index contributed by atoms with van der Waals surface area (Å²) in [5.41, 5.74) is 3.27. The molecule has 0 amide bonds. The highest BCUT2D eigenvalue weighted by atomic mass is 35.5. The second-order valence-corrected chi connectivity index (χ2v) is 4.40. The Bertz CT molecular complexity index is 496. The minimum absolute atomic E-state index is 0.587. The number of rotatable bonds is 2. The zero-order valence-electron chi connectivity index (χ0n) is 8.50. The molecule has 2 aromatic rings. The third-order valence-electron chi connectivity index (χ3n) is 2.41. The van der Waals surface area contributed by atoms with Gasteiger partial charge in [0.05, 0.1) is 5.52 Å². The Morgan fingerprint density at radius 2 is 2.13 bits per heavy atom. The SMILES string of the molecule is Cc1cc2cc(CCS)ccc2nc1Cl. The lowest BCUT2D eigenvalue weighted by atomic mass is 10.1. The average molecular weight is 238 g/mol. The number of aromatic nitrogens is 1. The Morgan fingerprint density at radius 1 is 1.33 bits per heavy atom. The lowest BCUT2D eigenvalue weighted by molar-refractivity contribution is 1.17. The summed E-state index contributed by atoms with van der Waals surface area (Å²) >= 11 is 10.2. The van der Waals surface area contributed by atoms with Gasteiger partial charge in [-0.15, -0.1) is 0 Å². The van der Waals surface area contributed by atoms with E-state index in [0.29, 0.717) is 5.15 Å². The molecule has 1 nitrogen and oxygen atoms in total. The first-order valence-electron chi connectivity index (χ1n) is 4.87. The maximum atomic E-state index is 5.97. The topological polar surface area (TPSA) is 12.9 Å². The molecule has 0 spiro atoms. The van der Waals surface area contributed by atoms with E-state index >= 15 is 0 Å². The van der Waals surface area contributed by atoms with E-state index in [0.717, 1.165) is 28.6 Å². The van der Waals surface area contributed by atoms with Gasteiger partial charge in [-0.05, 0) is 48.4 Å². The fraction of sp³-hybridized carbons (Fsp3) is 0.250. The van der Waals surface area contributed by atoms with Crippen molar-refractivity contribution in [2.24, 2.45) is 0 Å². The summed E-state index contributed by atoms with van der Waals surface area (Å²) < 4.78 is 0. The van der Waals surface area contributed by atoms with E-state index in [9.17, 15) is 0 Å². The molecule has 0 saturated carbocycles. The Hall–Kier alpha value is -0.730. The van der Waals surface area contributed by atoms with Gasteiger partial charge in [0.2, 0.25) is 0 Å². The zero-order valence-corrected chi connectivity index (χ0v) is 10.1. The van der Waals surface area contributed by atoms with Crippen LogP contribution in [0.3, 0.4) is 0 Å². The van der Waals surface area contributed by atoms with Crippen LogP contribution in [0, 0.1) is 6.92 Å². The van der Waals surface area contributed by atoms with E-state index in [4.69, 9.17) is 11.6 Å². The van der Waals surface area contributed by atoms with Gasteiger partial charge >= 0.3 is 0 Å². The second-order valence-electron chi connectivity index (χ2n) is 3.60. The van der Waals surface area contributed by atoms with Crippen molar-refractivity contribution in [2.75, 3.05) is 5.75 Å². The third-order valence-corrected chi connectivity index (χ3v) is 3.01. The lowest BCUT2D eigenvalue weighted by Crippen LogP contribution is -1.89. The maximum absolute atomic E-state index is 5.97. The molecule has 0 aliphatic rings. The molecular weight excluding hydrogens is 226 g/mol. The first-order chi connectivity index (χ1) is 7.20. The molecule has 0 atom stereocenters. The Labute approximate surface area is 99.9 Å². The summed E-state index contributed by atoms with van der Waals surface area (Å²) in [4.78, 5) is 4.32. The molecule has 0 saturated heterocycles. The van der Waals surface area contributed by atoms with Crippen molar-refractivity contribution in [3.63, 3.8) is 0 Å². The van der Waals surface area contributed by atoms with Crippen molar-refractivity contribution < 1.29 is 0 Å². The monoisotopic (exact) mass is 237 g/mol. The average Bonchev–Trinajstić information content (AvgIpc) is 2.21. The normalized spacial score (nSPS) is 10.9. The molecule has 0 bridgehead atoms. The Morgan fingerprint density at radius 3 is 2.87 bits per heavy atom. The number of hydrogen-bond donors (Lipinski definition) is 1. The predicted molar refractivity (Wildman–Crippen MR) is 69.0 cm³/mol. The van der Waals surface area contributed by atoms with Crippen molar-refractivity contribution in [3.05, 3.63) is 40.5 Å². The van der Waals surface area contributed by atoms with Crippen molar-refractivity contribution in [2.45, 2.75) is 13.3 Å². The van der Waals surface area contributed by atoms with Crippen LogP contribution >= 0.6 is 24.2 Å². The largest absolute Gasteiger partial charge is 0.236 e. The quantitative estimate of drug-likeness (QED) is 0.621. The molecule has 0 aliphatic carbocycles. The first-order valence-corrected chi connectivity index (χ1v) is 5.88. The second kappa shape index (κ2) is 4.42. The minimum atomic E-state index is 0.587. The van der Waals surface area contributed by atoms with E-state index in [2.05, 4.69) is 35.8 Å². The van der Waals surface area contributed by atoms with Gasteiger partial charge in [-0.2, -0.15) is 12.6 Å². The number of benzene rings is 1. The molecule has 78 valence electrons. The van der Waals surface area contributed by atoms with Gasteiger partial charge in [0.1, 0.15) is 5.15 Å². The van der Waals surface area contributed by atoms with Crippen LogP contribution in [-0.2, 0) is 6.42 Å². The maximum Gasteiger partial charge on any atom is 0.132 e. The van der Waals surface area contributed by atoms with Crippen LogP contribution in [0.1, 0.15) is 11.1 Å². The molecule has 2 rings (SSSR count). The molecule has 15 heavy (non-hydrogen) atoms. The van der Waals surface area contributed by atoms with Crippen LogP contribution in [0.25, 0.3) is 10.9 Å². The van der Waals surface area contributed by atoms with Gasteiger partial charge in [-0.3, -0.25) is 0 Å². The highest BCUT2D eigenvalue weighted by Gasteiger charge is 2.01. The molecule has 1 aromatic carbocycles. The van der Waals surface area contributed by atoms with Crippen LogP contribution < -0.4 is 0 Å². The number of pyridine rings is 1. The number of thiol groups is 1. The van der Waals surface area contributed by atoms with Crippen molar-refractivity contribution in [1.29, 1.82) is 0 Å². The van der Waals surface area contributed by atoms with Gasteiger partial charge in [-0.25, -0.2) is 4.98 Å². The van der Waals surface area contributed by atoms with Crippen LogP contribution in [0.4, 0.5) is 0 Å². The van der Waals surface area contributed by atoms with Gasteiger partial charge in [0, 0.05) is 5.39 Å². The number of aryl methyl sites for hydroxylation is 2. The fourth-order valence-electron chi connectivity index (χ4n) is 1.59. The standard InChI is InChI=1S/C12H12ClNS/c1-8-6-10-7-9(4-5-15)2-3-11(10)14-12(8)13/h2-3,6-7,15H,4-5H2,1H3. The van der Waals surface area contributed by atoms with Gasteiger partial charge in [0.15, 0.2) is 0 Å². The number of hydrogen-bond acceptors (Lipinski definition) is 2. The number of halogens is 1. The molecule has 0 fully saturated rings. The molecular formula is C12H12ClNS. The molecule has 0 aliphatic heterocycles. The summed E-state index contributed by atoms with van der Waals surface area (Å²) in [6.45, 7) is 1.97. The fourth-order valence-corrected chi connectivity index (χ4v) is 2.00. The van der Waals surface area contributed by atoms with Crippen molar-refractivity contribution in [3.8, 4) is 0 Å². The van der Waals surface area contributed by atoms with Gasteiger partial charge < -0.3 is 0 Å². The smallest absolute Gasteiger partial charge is 0.132 e. The number of fused-ring (bicyclic) bond motifs is 1. The van der Waals surface area contributed by atoms with Gasteiger partial charge in [0.25, 0.3) is 0 Å².